The quantitative estimate of drug-likeness (QED) is 0.727. The number of benzene rings is 1. The van der Waals surface area contributed by atoms with Crippen molar-refractivity contribution in [2.75, 3.05) is 6.61 Å². The first kappa shape index (κ1) is 11.3. The number of halogens is 1. The average molecular weight is 309 g/mol. The van der Waals surface area contributed by atoms with E-state index in [1.807, 2.05) is 17.4 Å². The monoisotopic (exact) mass is 308 g/mol. The second kappa shape index (κ2) is 4.83. The molecule has 0 radical (unpaired) electrons. The molecule has 0 aliphatic carbocycles. The number of fused-ring (bicyclic) bond motifs is 1. The Morgan fingerprint density at radius 1 is 1.24 bits per heavy atom. The lowest BCUT2D eigenvalue weighted by atomic mass is 9.90. The van der Waals surface area contributed by atoms with Gasteiger partial charge >= 0.3 is 0 Å². The summed E-state index contributed by atoms with van der Waals surface area (Å²) < 4.78 is 5.70. The van der Waals surface area contributed by atoms with E-state index in [1.54, 1.807) is 0 Å². The number of hydrogen-bond acceptors (Lipinski definition) is 2. The van der Waals surface area contributed by atoms with E-state index in [0.29, 0.717) is 10.7 Å². The Morgan fingerprint density at radius 3 is 2.94 bits per heavy atom. The molecule has 0 saturated heterocycles. The number of hydrogen-bond donors (Lipinski definition) is 0. The molecule has 0 saturated carbocycles. The van der Waals surface area contributed by atoms with E-state index < -0.39 is 0 Å². The minimum absolute atomic E-state index is 0.396. The molecule has 2 atom stereocenters. The second-order valence-electron chi connectivity index (χ2n) is 4.20. The Morgan fingerprint density at radius 2 is 2.12 bits per heavy atom. The van der Waals surface area contributed by atoms with Gasteiger partial charge in [-0.25, -0.2) is 0 Å². The summed E-state index contributed by atoms with van der Waals surface area (Å²) >= 11 is 5.66. The molecule has 0 fully saturated rings. The first-order valence-corrected chi connectivity index (χ1v) is 7.55. The fraction of sp³-hybridized carbons (Fsp3) is 0.286. The van der Waals surface area contributed by atoms with Gasteiger partial charge in [0.1, 0.15) is 5.75 Å². The standard InChI is InChI=1S/C14H13BrOS/c15-14(13-6-3-9-17-13)11-7-8-16-12-5-2-1-4-10(11)12/h1-6,9,11,14H,7-8H2. The van der Waals surface area contributed by atoms with Gasteiger partial charge in [0, 0.05) is 10.8 Å². The van der Waals surface area contributed by atoms with Crippen LogP contribution in [0.3, 0.4) is 0 Å². The molecular weight excluding hydrogens is 296 g/mol. The maximum absolute atomic E-state index is 5.70. The fourth-order valence-electron chi connectivity index (χ4n) is 2.32. The number of alkyl halides is 1. The summed E-state index contributed by atoms with van der Waals surface area (Å²) in [5.41, 5.74) is 1.33. The molecule has 3 heteroatoms. The summed E-state index contributed by atoms with van der Waals surface area (Å²) in [5, 5.41) is 2.13. The number of ether oxygens (including phenoxy) is 1. The van der Waals surface area contributed by atoms with Gasteiger partial charge in [-0.2, -0.15) is 0 Å². The second-order valence-corrected chi connectivity index (χ2v) is 6.16. The molecule has 2 heterocycles. The summed E-state index contributed by atoms with van der Waals surface area (Å²) in [7, 11) is 0. The van der Waals surface area contributed by atoms with Gasteiger partial charge in [0.05, 0.1) is 11.4 Å². The van der Waals surface area contributed by atoms with Crippen molar-refractivity contribution in [3.05, 3.63) is 52.2 Å². The molecule has 1 nitrogen and oxygen atoms in total. The SMILES string of the molecule is BrC(c1cccs1)C1CCOc2ccccc21. The molecule has 3 rings (SSSR count). The van der Waals surface area contributed by atoms with Crippen LogP contribution in [0, 0.1) is 0 Å². The summed E-state index contributed by atoms with van der Waals surface area (Å²) in [6.45, 7) is 0.815. The highest BCUT2D eigenvalue weighted by atomic mass is 79.9. The Hall–Kier alpha value is -0.800. The third-order valence-corrected chi connectivity index (χ3v) is 5.56. The van der Waals surface area contributed by atoms with Crippen LogP contribution in [0.15, 0.2) is 41.8 Å². The van der Waals surface area contributed by atoms with Gasteiger partial charge in [-0.05, 0) is 29.5 Å². The number of thiophene rings is 1. The lowest BCUT2D eigenvalue weighted by Gasteiger charge is -2.28. The topological polar surface area (TPSA) is 9.23 Å². The van der Waals surface area contributed by atoms with Crippen molar-refractivity contribution in [1.82, 2.24) is 0 Å². The Bertz CT molecular complexity index is 495. The summed E-state index contributed by atoms with van der Waals surface area (Å²) in [6, 6.07) is 12.7. The predicted molar refractivity (Wildman–Crippen MR) is 75.3 cm³/mol. The average Bonchev–Trinajstić information content (AvgIpc) is 2.91. The van der Waals surface area contributed by atoms with Crippen LogP contribution in [-0.2, 0) is 0 Å². The molecule has 1 aromatic heterocycles. The van der Waals surface area contributed by atoms with Crippen LogP contribution in [0.5, 0.6) is 5.75 Å². The lowest BCUT2D eigenvalue weighted by molar-refractivity contribution is 0.266. The highest BCUT2D eigenvalue weighted by molar-refractivity contribution is 9.09. The van der Waals surface area contributed by atoms with Gasteiger partial charge in [0.2, 0.25) is 0 Å². The third-order valence-electron chi connectivity index (χ3n) is 3.17. The highest BCUT2D eigenvalue weighted by Gasteiger charge is 2.28. The van der Waals surface area contributed by atoms with E-state index in [9.17, 15) is 0 Å². The molecule has 0 N–H and O–H groups in total. The molecule has 0 bridgehead atoms. The third kappa shape index (κ3) is 2.14. The van der Waals surface area contributed by atoms with E-state index >= 15 is 0 Å². The van der Waals surface area contributed by atoms with Gasteiger partial charge in [0.15, 0.2) is 0 Å². The molecule has 1 aromatic carbocycles. The van der Waals surface area contributed by atoms with Crippen molar-refractivity contribution >= 4 is 27.3 Å². The van der Waals surface area contributed by atoms with Crippen molar-refractivity contribution in [2.24, 2.45) is 0 Å². The largest absolute Gasteiger partial charge is 0.493 e. The smallest absolute Gasteiger partial charge is 0.122 e. The normalized spacial score (nSPS) is 20.4. The van der Waals surface area contributed by atoms with Crippen molar-refractivity contribution in [1.29, 1.82) is 0 Å². The molecule has 1 aliphatic heterocycles. The molecular formula is C14H13BrOS. The molecule has 0 spiro atoms. The first-order chi connectivity index (χ1) is 8.36. The molecule has 2 aromatic rings. The van der Waals surface area contributed by atoms with Crippen LogP contribution in [0.25, 0.3) is 0 Å². The van der Waals surface area contributed by atoms with E-state index in [1.165, 1.54) is 10.4 Å². The Balaban J connectivity index is 1.95. The van der Waals surface area contributed by atoms with E-state index in [4.69, 9.17) is 4.74 Å². The van der Waals surface area contributed by atoms with Crippen LogP contribution in [0.2, 0.25) is 0 Å². The zero-order valence-corrected chi connectivity index (χ0v) is 11.7. The molecule has 0 amide bonds. The minimum Gasteiger partial charge on any atom is -0.493 e. The Labute approximate surface area is 114 Å². The van der Waals surface area contributed by atoms with E-state index in [2.05, 4.69) is 51.6 Å². The van der Waals surface area contributed by atoms with Gasteiger partial charge in [-0.3, -0.25) is 0 Å². The van der Waals surface area contributed by atoms with E-state index in [-0.39, 0.29) is 0 Å². The predicted octanol–water partition coefficient (Wildman–Crippen LogP) is 4.75. The van der Waals surface area contributed by atoms with Crippen molar-refractivity contribution in [2.45, 2.75) is 17.2 Å². The van der Waals surface area contributed by atoms with Gasteiger partial charge in [-0.15, -0.1) is 11.3 Å². The minimum atomic E-state index is 0.396. The highest BCUT2D eigenvalue weighted by Crippen LogP contribution is 2.46. The maximum atomic E-state index is 5.70. The Kier molecular flexibility index (Phi) is 3.21. The summed E-state index contributed by atoms with van der Waals surface area (Å²) in [4.78, 5) is 1.79. The fourth-order valence-corrected chi connectivity index (χ4v) is 4.11. The van der Waals surface area contributed by atoms with Crippen LogP contribution in [0.4, 0.5) is 0 Å². The van der Waals surface area contributed by atoms with Gasteiger partial charge in [-0.1, -0.05) is 40.2 Å². The van der Waals surface area contributed by atoms with Crippen molar-refractivity contribution in [3.63, 3.8) is 0 Å². The van der Waals surface area contributed by atoms with Crippen LogP contribution >= 0.6 is 27.3 Å². The number of rotatable bonds is 2. The lowest BCUT2D eigenvalue weighted by Crippen LogP contribution is -2.17. The maximum Gasteiger partial charge on any atom is 0.122 e. The van der Waals surface area contributed by atoms with Gasteiger partial charge in [0.25, 0.3) is 0 Å². The molecule has 88 valence electrons. The molecule has 2 unspecified atom stereocenters. The van der Waals surface area contributed by atoms with E-state index in [0.717, 1.165) is 18.8 Å². The first-order valence-electron chi connectivity index (χ1n) is 5.75. The summed E-state index contributed by atoms with van der Waals surface area (Å²) in [5.74, 6) is 1.56. The number of para-hydroxylation sites is 1. The van der Waals surface area contributed by atoms with Crippen LogP contribution in [0.1, 0.15) is 27.6 Å². The van der Waals surface area contributed by atoms with Crippen LogP contribution in [-0.4, -0.2) is 6.61 Å². The molecule has 17 heavy (non-hydrogen) atoms. The zero-order valence-electron chi connectivity index (χ0n) is 9.30. The van der Waals surface area contributed by atoms with Crippen LogP contribution < -0.4 is 4.74 Å². The van der Waals surface area contributed by atoms with Crippen molar-refractivity contribution in [3.8, 4) is 5.75 Å². The van der Waals surface area contributed by atoms with Gasteiger partial charge < -0.3 is 4.74 Å². The zero-order chi connectivity index (χ0) is 11.7. The van der Waals surface area contributed by atoms with Crippen molar-refractivity contribution < 1.29 is 4.74 Å². The summed E-state index contributed by atoms with van der Waals surface area (Å²) in [6.07, 6.45) is 1.07. The molecule has 1 aliphatic rings.